The van der Waals surface area contributed by atoms with Gasteiger partial charge in [-0.05, 0) is 42.8 Å². The van der Waals surface area contributed by atoms with Gasteiger partial charge in [0.1, 0.15) is 0 Å². The van der Waals surface area contributed by atoms with Crippen LogP contribution < -0.4 is 14.8 Å². The second-order valence-corrected chi connectivity index (χ2v) is 7.13. The molecular formula is C19H18BrF3N2O3. The Labute approximate surface area is 168 Å². The Morgan fingerprint density at radius 1 is 1.18 bits per heavy atom. The molecule has 0 bridgehead atoms. The highest BCUT2D eigenvalue weighted by Crippen LogP contribution is 2.37. The first-order chi connectivity index (χ1) is 13.4. The highest BCUT2D eigenvalue weighted by atomic mass is 79.9. The van der Waals surface area contributed by atoms with Gasteiger partial charge in [0.25, 0.3) is 0 Å². The van der Waals surface area contributed by atoms with Gasteiger partial charge in [0.2, 0.25) is 12.7 Å². The van der Waals surface area contributed by atoms with Crippen molar-refractivity contribution in [3.8, 4) is 11.5 Å². The number of rotatable bonds is 7. The number of amides is 1. The van der Waals surface area contributed by atoms with E-state index in [1.807, 2.05) is 17.9 Å². The molecule has 150 valence electrons. The van der Waals surface area contributed by atoms with Crippen molar-refractivity contribution >= 4 is 27.5 Å². The van der Waals surface area contributed by atoms with Gasteiger partial charge < -0.3 is 14.8 Å². The van der Waals surface area contributed by atoms with E-state index in [0.717, 1.165) is 28.6 Å². The van der Waals surface area contributed by atoms with Crippen molar-refractivity contribution < 1.29 is 27.4 Å². The number of carbonyl (C=O) groups is 1. The van der Waals surface area contributed by atoms with Crippen molar-refractivity contribution in [3.63, 3.8) is 0 Å². The molecule has 9 heteroatoms. The van der Waals surface area contributed by atoms with Gasteiger partial charge in [-0.25, -0.2) is 13.2 Å². The molecular weight excluding hydrogens is 441 g/mol. The molecule has 0 radical (unpaired) electrons. The molecule has 1 aliphatic heterocycles. The molecule has 2 aromatic carbocycles. The van der Waals surface area contributed by atoms with Crippen LogP contribution >= 0.6 is 15.9 Å². The van der Waals surface area contributed by atoms with Crippen molar-refractivity contribution in [2.75, 3.05) is 25.2 Å². The fourth-order valence-electron chi connectivity index (χ4n) is 2.87. The second kappa shape index (κ2) is 8.83. The van der Waals surface area contributed by atoms with Crippen LogP contribution in [0.5, 0.6) is 11.5 Å². The maximum Gasteiger partial charge on any atom is 0.238 e. The monoisotopic (exact) mass is 458 g/mol. The first-order valence-electron chi connectivity index (χ1n) is 8.62. The third-order valence-corrected chi connectivity index (χ3v) is 4.89. The minimum absolute atomic E-state index is 0.0485. The number of hydrogen-bond donors (Lipinski definition) is 1. The zero-order valence-electron chi connectivity index (χ0n) is 15.0. The van der Waals surface area contributed by atoms with E-state index in [0.29, 0.717) is 24.6 Å². The van der Waals surface area contributed by atoms with Crippen LogP contribution in [0.1, 0.15) is 18.9 Å². The Kier molecular flexibility index (Phi) is 6.46. The molecule has 0 unspecified atom stereocenters. The van der Waals surface area contributed by atoms with Gasteiger partial charge in [-0.3, -0.25) is 9.69 Å². The summed E-state index contributed by atoms with van der Waals surface area (Å²) in [6, 6.07) is 5.40. The predicted molar refractivity (Wildman–Crippen MR) is 101 cm³/mol. The topological polar surface area (TPSA) is 50.8 Å². The fraction of sp³-hybridized carbons (Fsp3) is 0.316. The van der Waals surface area contributed by atoms with E-state index < -0.39 is 29.0 Å². The third-order valence-electron chi connectivity index (χ3n) is 4.15. The molecule has 0 aliphatic carbocycles. The van der Waals surface area contributed by atoms with Crippen LogP contribution in [0.15, 0.2) is 28.7 Å². The number of benzene rings is 2. The van der Waals surface area contributed by atoms with Crippen LogP contribution in [0.4, 0.5) is 18.9 Å². The molecule has 1 heterocycles. The molecule has 1 aliphatic rings. The smallest absolute Gasteiger partial charge is 0.238 e. The summed E-state index contributed by atoms with van der Waals surface area (Å²) in [5, 5.41) is 2.29. The van der Waals surface area contributed by atoms with Crippen molar-refractivity contribution in [1.29, 1.82) is 0 Å². The Morgan fingerprint density at radius 2 is 1.89 bits per heavy atom. The van der Waals surface area contributed by atoms with Gasteiger partial charge >= 0.3 is 0 Å². The first-order valence-corrected chi connectivity index (χ1v) is 9.42. The highest BCUT2D eigenvalue weighted by Gasteiger charge is 2.20. The zero-order valence-corrected chi connectivity index (χ0v) is 16.6. The average molecular weight is 459 g/mol. The van der Waals surface area contributed by atoms with Crippen molar-refractivity contribution in [3.05, 3.63) is 51.8 Å². The molecule has 0 atom stereocenters. The number of halogens is 4. The molecule has 3 rings (SSSR count). The van der Waals surface area contributed by atoms with Gasteiger partial charge in [-0.15, -0.1) is 0 Å². The minimum Gasteiger partial charge on any atom is -0.454 e. The lowest BCUT2D eigenvalue weighted by Gasteiger charge is -2.22. The number of fused-ring (bicyclic) bond motifs is 1. The number of nitrogens with zero attached hydrogens (tertiary/aromatic N) is 1. The summed E-state index contributed by atoms with van der Waals surface area (Å²) in [5.74, 6) is -3.61. The molecule has 0 saturated heterocycles. The molecule has 5 nitrogen and oxygen atoms in total. The number of anilines is 1. The lowest BCUT2D eigenvalue weighted by atomic mass is 10.2. The highest BCUT2D eigenvalue weighted by molar-refractivity contribution is 9.10. The average Bonchev–Trinajstić information content (AvgIpc) is 3.09. The minimum atomic E-state index is -1.62. The van der Waals surface area contributed by atoms with Gasteiger partial charge in [0, 0.05) is 11.0 Å². The lowest BCUT2D eigenvalue weighted by molar-refractivity contribution is -0.117. The summed E-state index contributed by atoms with van der Waals surface area (Å²) in [6.07, 6.45) is 0.787. The number of hydrogen-bond acceptors (Lipinski definition) is 4. The summed E-state index contributed by atoms with van der Waals surface area (Å²) in [6.45, 7) is 3.11. The summed E-state index contributed by atoms with van der Waals surface area (Å²) < 4.78 is 51.6. The van der Waals surface area contributed by atoms with E-state index in [-0.39, 0.29) is 13.3 Å². The van der Waals surface area contributed by atoms with Gasteiger partial charge in [0.05, 0.1) is 12.2 Å². The Morgan fingerprint density at radius 3 is 2.61 bits per heavy atom. The normalized spacial score (nSPS) is 12.5. The predicted octanol–water partition coefficient (Wildman–Crippen LogP) is 4.45. The van der Waals surface area contributed by atoms with E-state index in [1.165, 1.54) is 0 Å². The Hall–Kier alpha value is -2.26. The van der Waals surface area contributed by atoms with Gasteiger partial charge in [0.15, 0.2) is 29.0 Å². The summed E-state index contributed by atoms with van der Waals surface area (Å²) in [4.78, 5) is 14.2. The first kappa shape index (κ1) is 20.5. The van der Waals surface area contributed by atoms with Crippen LogP contribution in [-0.4, -0.2) is 30.7 Å². The molecule has 2 aromatic rings. The summed E-state index contributed by atoms with van der Waals surface area (Å²) in [7, 11) is 0. The standard InChI is InChI=1S/C19H18BrF3N2O3/c1-2-5-25(8-11-6-15-16(7-12(11)20)28-10-27-15)9-17(26)24-14-4-3-13(21)18(22)19(14)23/h3-4,6-7H,2,5,8-10H2,1H3,(H,24,26). The number of carbonyl (C=O) groups excluding carboxylic acids is 1. The fourth-order valence-corrected chi connectivity index (χ4v) is 3.31. The molecule has 0 aromatic heterocycles. The Balaban J connectivity index is 1.69. The molecule has 28 heavy (non-hydrogen) atoms. The van der Waals surface area contributed by atoms with E-state index in [1.54, 1.807) is 6.07 Å². The van der Waals surface area contributed by atoms with E-state index >= 15 is 0 Å². The third kappa shape index (κ3) is 4.59. The quantitative estimate of drug-likeness (QED) is 0.622. The second-order valence-electron chi connectivity index (χ2n) is 6.28. The van der Waals surface area contributed by atoms with Crippen molar-refractivity contribution in [2.24, 2.45) is 0 Å². The van der Waals surface area contributed by atoms with Gasteiger partial charge in [-0.1, -0.05) is 22.9 Å². The van der Waals surface area contributed by atoms with Crippen LogP contribution in [0.2, 0.25) is 0 Å². The van der Waals surface area contributed by atoms with Gasteiger partial charge in [-0.2, -0.15) is 0 Å². The summed E-state index contributed by atoms with van der Waals surface area (Å²) in [5.41, 5.74) is 0.495. The van der Waals surface area contributed by atoms with Crippen molar-refractivity contribution in [1.82, 2.24) is 4.90 Å². The maximum absolute atomic E-state index is 13.8. The number of ether oxygens (including phenoxy) is 2. The van der Waals surface area contributed by atoms with Crippen molar-refractivity contribution in [2.45, 2.75) is 19.9 Å². The van der Waals surface area contributed by atoms with E-state index in [9.17, 15) is 18.0 Å². The maximum atomic E-state index is 13.8. The molecule has 0 spiro atoms. The Bertz CT molecular complexity index is 895. The molecule has 1 N–H and O–H groups in total. The zero-order chi connectivity index (χ0) is 20.3. The lowest BCUT2D eigenvalue weighted by Crippen LogP contribution is -2.33. The largest absolute Gasteiger partial charge is 0.454 e. The number of nitrogens with one attached hydrogen (secondary N) is 1. The van der Waals surface area contributed by atoms with Crippen LogP contribution in [-0.2, 0) is 11.3 Å². The van der Waals surface area contributed by atoms with Crippen LogP contribution in [0.25, 0.3) is 0 Å². The van der Waals surface area contributed by atoms with E-state index in [4.69, 9.17) is 9.47 Å². The van der Waals surface area contributed by atoms with Crippen LogP contribution in [0.3, 0.4) is 0 Å². The van der Waals surface area contributed by atoms with E-state index in [2.05, 4.69) is 21.2 Å². The summed E-state index contributed by atoms with van der Waals surface area (Å²) >= 11 is 3.48. The molecule has 1 amide bonds. The SMILES string of the molecule is CCCN(CC(=O)Nc1ccc(F)c(F)c1F)Cc1cc2c(cc1Br)OCO2. The van der Waals surface area contributed by atoms with Crippen LogP contribution in [0, 0.1) is 17.5 Å². The molecule has 0 saturated carbocycles. The molecule has 0 fully saturated rings.